The van der Waals surface area contributed by atoms with Crippen LogP contribution in [0, 0.1) is 0 Å². The van der Waals surface area contributed by atoms with E-state index in [9.17, 15) is 27.6 Å². The van der Waals surface area contributed by atoms with E-state index in [1.807, 2.05) is 0 Å². The normalized spacial score (nSPS) is 14.9. The van der Waals surface area contributed by atoms with Crippen molar-refractivity contribution in [1.29, 1.82) is 0 Å². The first kappa shape index (κ1) is 21.3. The van der Waals surface area contributed by atoms with Gasteiger partial charge >= 0.3 is 12.3 Å². The molecule has 0 bridgehead atoms. The highest BCUT2D eigenvalue weighted by molar-refractivity contribution is 6.02. The summed E-state index contributed by atoms with van der Waals surface area (Å²) in [4.78, 5) is 35.5. The molecule has 1 atom stereocenters. The molecule has 11 heteroatoms. The quantitative estimate of drug-likeness (QED) is 0.720. The Kier molecular flexibility index (Phi) is 5.76. The summed E-state index contributed by atoms with van der Waals surface area (Å²) >= 11 is 0. The number of alkyl halides is 3. The van der Waals surface area contributed by atoms with Crippen molar-refractivity contribution in [3.63, 3.8) is 0 Å². The van der Waals surface area contributed by atoms with Crippen LogP contribution in [0.5, 0.6) is 5.75 Å². The van der Waals surface area contributed by atoms with E-state index in [2.05, 4.69) is 16.0 Å². The van der Waals surface area contributed by atoms with Crippen LogP contribution in [0.1, 0.15) is 33.3 Å². The molecule has 1 aromatic carbocycles. The molecule has 2 rings (SSSR count). The second kappa shape index (κ2) is 7.56. The van der Waals surface area contributed by atoms with Crippen LogP contribution in [0.15, 0.2) is 12.1 Å². The smallest absolute Gasteiger partial charge is 0.416 e. The highest BCUT2D eigenvalue weighted by Crippen LogP contribution is 2.42. The van der Waals surface area contributed by atoms with Crippen molar-refractivity contribution in [2.75, 3.05) is 17.2 Å². The summed E-state index contributed by atoms with van der Waals surface area (Å²) in [6, 6.07) is 0.289. The first-order valence-electron chi connectivity index (χ1n) is 8.24. The summed E-state index contributed by atoms with van der Waals surface area (Å²) in [6.07, 6.45) is -5.57. The van der Waals surface area contributed by atoms with Crippen molar-refractivity contribution in [1.82, 2.24) is 5.32 Å². The molecule has 3 amide bonds. The Morgan fingerprint density at radius 1 is 1.25 bits per heavy atom. The van der Waals surface area contributed by atoms with Gasteiger partial charge in [0.25, 0.3) is 5.91 Å². The maximum atomic E-state index is 13.1. The lowest BCUT2D eigenvalue weighted by Crippen LogP contribution is -2.44. The lowest BCUT2D eigenvalue weighted by Gasteiger charge is -2.24. The molecule has 0 saturated heterocycles. The Labute approximate surface area is 158 Å². The number of amides is 3. The van der Waals surface area contributed by atoms with Crippen LogP contribution in [0.25, 0.3) is 0 Å². The van der Waals surface area contributed by atoms with Crippen molar-refractivity contribution < 1.29 is 37.0 Å². The molecular weight excluding hydrogens is 383 g/mol. The van der Waals surface area contributed by atoms with Gasteiger partial charge in [-0.05, 0) is 39.8 Å². The number of halogens is 3. The molecule has 1 heterocycles. The first-order valence-corrected chi connectivity index (χ1v) is 8.24. The van der Waals surface area contributed by atoms with Gasteiger partial charge in [-0.25, -0.2) is 4.79 Å². The third-order valence-corrected chi connectivity index (χ3v) is 3.42. The summed E-state index contributed by atoms with van der Waals surface area (Å²) in [7, 11) is 0. The van der Waals surface area contributed by atoms with Crippen molar-refractivity contribution in [2.24, 2.45) is 0 Å². The van der Waals surface area contributed by atoms with Crippen LogP contribution in [0.3, 0.4) is 0 Å². The monoisotopic (exact) mass is 403 g/mol. The van der Waals surface area contributed by atoms with Crippen LogP contribution in [-0.4, -0.2) is 36.2 Å². The highest BCUT2D eigenvalue weighted by Gasteiger charge is 2.34. The molecule has 0 saturated carbocycles. The number of anilines is 2. The fourth-order valence-electron chi connectivity index (χ4n) is 2.25. The van der Waals surface area contributed by atoms with E-state index in [0.29, 0.717) is 12.1 Å². The van der Waals surface area contributed by atoms with Crippen LogP contribution < -0.4 is 20.7 Å². The molecule has 8 nitrogen and oxygen atoms in total. The Hall–Kier alpha value is -2.98. The van der Waals surface area contributed by atoms with E-state index in [1.54, 1.807) is 20.8 Å². The maximum Gasteiger partial charge on any atom is 0.416 e. The number of nitrogens with one attached hydrogen (secondary N) is 3. The second-order valence-corrected chi connectivity index (χ2v) is 7.09. The molecule has 1 aliphatic rings. The number of fused-ring (bicyclic) bond motifs is 1. The van der Waals surface area contributed by atoms with Gasteiger partial charge in [-0.15, -0.1) is 0 Å². The minimum Gasteiger partial charge on any atom is -0.479 e. The molecule has 1 aromatic rings. The zero-order chi connectivity index (χ0) is 21.3. The molecule has 0 aliphatic carbocycles. The minimum absolute atomic E-state index is 0.106. The summed E-state index contributed by atoms with van der Waals surface area (Å²) in [6.45, 7) is 5.84. The Morgan fingerprint density at radius 3 is 2.46 bits per heavy atom. The van der Waals surface area contributed by atoms with Crippen LogP contribution in [-0.2, 0) is 20.5 Å². The van der Waals surface area contributed by atoms with Gasteiger partial charge in [-0.2, -0.15) is 13.2 Å². The number of ether oxygens (including phenoxy) is 2. The van der Waals surface area contributed by atoms with Crippen LogP contribution in [0.2, 0.25) is 0 Å². The van der Waals surface area contributed by atoms with Gasteiger partial charge in [-0.1, -0.05) is 0 Å². The van der Waals surface area contributed by atoms with Gasteiger partial charge in [0.05, 0.1) is 16.9 Å². The zero-order valence-corrected chi connectivity index (χ0v) is 15.6. The minimum atomic E-state index is -4.71. The van der Waals surface area contributed by atoms with E-state index in [1.165, 1.54) is 6.92 Å². The van der Waals surface area contributed by atoms with E-state index >= 15 is 0 Å². The van der Waals surface area contributed by atoms with Gasteiger partial charge in [-0.3, -0.25) is 9.59 Å². The van der Waals surface area contributed by atoms with E-state index in [-0.39, 0.29) is 17.1 Å². The molecule has 0 radical (unpaired) electrons. The average molecular weight is 403 g/mol. The number of carbonyl (C=O) groups excluding carboxylic acids is 3. The predicted octanol–water partition coefficient (Wildman–Crippen LogP) is 2.89. The molecule has 28 heavy (non-hydrogen) atoms. The number of hydrogen-bond acceptors (Lipinski definition) is 5. The summed E-state index contributed by atoms with van der Waals surface area (Å²) in [5, 5.41) is 6.83. The molecule has 154 valence electrons. The molecule has 0 unspecified atom stereocenters. The van der Waals surface area contributed by atoms with E-state index in [4.69, 9.17) is 9.47 Å². The molecule has 0 aromatic heterocycles. The lowest BCUT2D eigenvalue weighted by molar-refractivity contribution is -0.137. The van der Waals surface area contributed by atoms with Crippen LogP contribution in [0.4, 0.5) is 29.3 Å². The summed E-state index contributed by atoms with van der Waals surface area (Å²) < 4.78 is 49.5. The highest BCUT2D eigenvalue weighted by atomic mass is 19.4. The average Bonchev–Trinajstić information content (AvgIpc) is 2.51. The summed E-state index contributed by atoms with van der Waals surface area (Å²) in [5.41, 5.74) is -2.37. The SMILES string of the molecule is C[C@H](NC(=O)OC(C)(C)C)C(=O)Nc1cc(C(F)(F)F)cc2c1OCC(=O)N2. The van der Waals surface area contributed by atoms with Gasteiger partial charge in [0, 0.05) is 0 Å². The first-order chi connectivity index (χ1) is 12.8. The molecule has 1 aliphatic heterocycles. The molecule has 3 N–H and O–H groups in total. The third-order valence-electron chi connectivity index (χ3n) is 3.42. The zero-order valence-electron chi connectivity index (χ0n) is 15.6. The standard InChI is InChI=1S/C17H20F3N3O5/c1-8(21-15(26)28-16(2,3)4)14(25)23-11-6-9(17(18,19)20)5-10-13(11)27-7-12(24)22-10/h5-6,8H,7H2,1-4H3,(H,21,26)(H,22,24)(H,23,25)/t8-/m0/s1. The van der Waals surface area contributed by atoms with Gasteiger partial charge in [0.2, 0.25) is 5.91 Å². The van der Waals surface area contributed by atoms with Crippen molar-refractivity contribution in [3.8, 4) is 5.75 Å². The lowest BCUT2D eigenvalue weighted by atomic mass is 10.1. The number of alkyl carbamates (subject to hydrolysis) is 1. The van der Waals surface area contributed by atoms with Crippen molar-refractivity contribution >= 4 is 29.3 Å². The largest absolute Gasteiger partial charge is 0.479 e. The third kappa shape index (κ3) is 5.51. The Bertz CT molecular complexity index is 802. The topological polar surface area (TPSA) is 106 Å². The number of carbonyl (C=O) groups is 3. The van der Waals surface area contributed by atoms with Gasteiger partial charge in [0.1, 0.15) is 11.6 Å². The van der Waals surface area contributed by atoms with E-state index in [0.717, 1.165) is 0 Å². The van der Waals surface area contributed by atoms with Gasteiger partial charge < -0.3 is 25.4 Å². The Morgan fingerprint density at radius 2 is 1.89 bits per heavy atom. The fraction of sp³-hybridized carbons (Fsp3) is 0.471. The number of hydrogen-bond donors (Lipinski definition) is 3. The molecule has 0 spiro atoms. The van der Waals surface area contributed by atoms with E-state index < -0.39 is 47.9 Å². The van der Waals surface area contributed by atoms with Crippen LogP contribution >= 0.6 is 0 Å². The number of benzene rings is 1. The Balaban J connectivity index is 2.22. The predicted molar refractivity (Wildman–Crippen MR) is 93.0 cm³/mol. The molecular formula is C17H20F3N3O5. The number of rotatable bonds is 3. The van der Waals surface area contributed by atoms with Gasteiger partial charge in [0.15, 0.2) is 12.4 Å². The summed E-state index contributed by atoms with van der Waals surface area (Å²) in [5.74, 6) is -1.53. The van der Waals surface area contributed by atoms with Crippen molar-refractivity contribution in [3.05, 3.63) is 17.7 Å². The molecule has 0 fully saturated rings. The maximum absolute atomic E-state index is 13.1. The van der Waals surface area contributed by atoms with Crippen molar-refractivity contribution in [2.45, 2.75) is 45.5 Å². The fourth-order valence-corrected chi connectivity index (χ4v) is 2.25. The second-order valence-electron chi connectivity index (χ2n) is 7.09.